The van der Waals surface area contributed by atoms with E-state index in [1.54, 1.807) is 13.0 Å². The first-order valence-electron chi connectivity index (χ1n) is 5.77. The molecular formula is C11H18N2O5S. The molecular weight excluding hydrogens is 272 g/mol. The summed E-state index contributed by atoms with van der Waals surface area (Å²) in [4.78, 5) is 0. The highest BCUT2D eigenvalue weighted by atomic mass is 32.3. The second-order valence-electron chi connectivity index (χ2n) is 3.94. The molecule has 8 heteroatoms. The topological polar surface area (TPSA) is 108 Å². The lowest BCUT2D eigenvalue weighted by Crippen LogP contribution is -2.11. The van der Waals surface area contributed by atoms with Crippen molar-refractivity contribution in [1.82, 2.24) is 0 Å². The van der Waals surface area contributed by atoms with Crippen LogP contribution in [0.3, 0.4) is 0 Å². The van der Waals surface area contributed by atoms with Crippen LogP contribution >= 0.6 is 0 Å². The first kappa shape index (κ1) is 15.7. The number of aliphatic hydroxyl groups excluding tert-OH is 1. The molecule has 19 heavy (non-hydrogen) atoms. The quantitative estimate of drug-likeness (QED) is 0.440. The van der Waals surface area contributed by atoms with Crippen molar-refractivity contribution >= 4 is 21.8 Å². The van der Waals surface area contributed by atoms with Gasteiger partial charge in [-0.1, -0.05) is 0 Å². The Morgan fingerprint density at radius 3 is 2.53 bits per heavy atom. The molecule has 0 radical (unpaired) electrons. The van der Waals surface area contributed by atoms with Crippen LogP contribution in [-0.2, 0) is 21.1 Å². The average Bonchev–Trinajstić information content (AvgIpc) is 2.30. The molecule has 0 unspecified atom stereocenters. The zero-order valence-corrected chi connectivity index (χ0v) is 11.6. The van der Waals surface area contributed by atoms with E-state index in [0.29, 0.717) is 12.1 Å². The zero-order valence-electron chi connectivity index (χ0n) is 10.8. The van der Waals surface area contributed by atoms with Gasteiger partial charge < -0.3 is 10.4 Å². The van der Waals surface area contributed by atoms with Crippen LogP contribution in [0.15, 0.2) is 12.1 Å². The third-order valence-corrected chi connectivity index (χ3v) is 2.75. The van der Waals surface area contributed by atoms with Crippen molar-refractivity contribution in [1.29, 1.82) is 0 Å². The Morgan fingerprint density at radius 2 is 2.00 bits per heavy atom. The third-order valence-electron chi connectivity index (χ3n) is 2.46. The SMILES string of the molecule is CCNc1cc(C)c(NOS(=O)(=O)O)cc1CCO. The van der Waals surface area contributed by atoms with E-state index in [2.05, 4.69) is 15.1 Å². The minimum absolute atomic E-state index is 0.0277. The molecule has 7 nitrogen and oxygen atoms in total. The van der Waals surface area contributed by atoms with Crippen LogP contribution in [0, 0.1) is 6.92 Å². The third kappa shape index (κ3) is 5.03. The van der Waals surface area contributed by atoms with Gasteiger partial charge in [-0.05, 0) is 43.5 Å². The largest absolute Gasteiger partial charge is 0.418 e. The standard InChI is InChI=1S/C11H18N2O5S/c1-3-12-11-6-8(2)10(7-9(11)4-5-14)13-18-19(15,16)17/h6-7,12-14H,3-5H2,1-2H3,(H,15,16,17). The summed E-state index contributed by atoms with van der Waals surface area (Å²) >= 11 is 0. The predicted octanol–water partition coefficient (Wildman–Crippen LogP) is 1.11. The fraction of sp³-hybridized carbons (Fsp3) is 0.455. The van der Waals surface area contributed by atoms with Gasteiger partial charge in [0.1, 0.15) is 0 Å². The average molecular weight is 290 g/mol. The zero-order chi connectivity index (χ0) is 14.5. The van der Waals surface area contributed by atoms with Gasteiger partial charge in [0.2, 0.25) is 0 Å². The van der Waals surface area contributed by atoms with Gasteiger partial charge in [-0.25, -0.2) is 5.48 Å². The first-order chi connectivity index (χ1) is 8.87. The number of anilines is 2. The van der Waals surface area contributed by atoms with Crippen molar-refractivity contribution in [3.05, 3.63) is 23.3 Å². The Kier molecular flexibility index (Phi) is 5.55. The summed E-state index contributed by atoms with van der Waals surface area (Å²) in [6, 6.07) is 3.47. The van der Waals surface area contributed by atoms with E-state index in [-0.39, 0.29) is 6.61 Å². The molecule has 0 aliphatic rings. The normalized spacial score (nSPS) is 11.4. The van der Waals surface area contributed by atoms with Crippen LogP contribution < -0.4 is 10.8 Å². The molecule has 0 aliphatic heterocycles. The molecule has 0 heterocycles. The molecule has 0 bridgehead atoms. The number of rotatable bonds is 7. The van der Waals surface area contributed by atoms with Crippen LogP contribution in [0.2, 0.25) is 0 Å². The van der Waals surface area contributed by atoms with Gasteiger partial charge in [0, 0.05) is 18.8 Å². The summed E-state index contributed by atoms with van der Waals surface area (Å²) < 4.78 is 33.7. The van der Waals surface area contributed by atoms with Crippen molar-refractivity contribution in [2.24, 2.45) is 0 Å². The van der Waals surface area contributed by atoms with Crippen molar-refractivity contribution in [2.75, 3.05) is 23.9 Å². The molecule has 0 atom stereocenters. The number of hydrogen-bond acceptors (Lipinski definition) is 6. The molecule has 108 valence electrons. The number of nitrogens with one attached hydrogen (secondary N) is 2. The van der Waals surface area contributed by atoms with Crippen molar-refractivity contribution < 1.29 is 22.4 Å². The van der Waals surface area contributed by atoms with E-state index >= 15 is 0 Å². The van der Waals surface area contributed by atoms with Crippen LogP contribution in [0.25, 0.3) is 0 Å². The highest BCUT2D eigenvalue weighted by molar-refractivity contribution is 7.80. The Hall–Kier alpha value is -1.35. The van der Waals surface area contributed by atoms with Gasteiger partial charge in [-0.3, -0.25) is 4.55 Å². The van der Waals surface area contributed by atoms with Crippen LogP contribution in [0.5, 0.6) is 0 Å². The summed E-state index contributed by atoms with van der Waals surface area (Å²) in [6.07, 6.45) is 0.420. The Morgan fingerprint density at radius 1 is 1.32 bits per heavy atom. The number of benzene rings is 1. The molecule has 0 saturated carbocycles. The Bertz CT molecular complexity index is 530. The second-order valence-corrected chi connectivity index (χ2v) is 4.96. The van der Waals surface area contributed by atoms with Crippen LogP contribution in [-0.4, -0.2) is 31.2 Å². The van der Waals surface area contributed by atoms with Gasteiger partial charge in [-0.2, -0.15) is 8.42 Å². The van der Waals surface area contributed by atoms with Crippen molar-refractivity contribution in [3.8, 4) is 0 Å². The summed E-state index contributed by atoms with van der Waals surface area (Å²) in [7, 11) is -4.56. The highest BCUT2D eigenvalue weighted by Crippen LogP contribution is 2.25. The smallest absolute Gasteiger partial charge is 0.396 e. The van der Waals surface area contributed by atoms with E-state index in [1.807, 2.05) is 13.0 Å². The highest BCUT2D eigenvalue weighted by Gasteiger charge is 2.10. The van der Waals surface area contributed by atoms with Crippen molar-refractivity contribution in [2.45, 2.75) is 20.3 Å². The summed E-state index contributed by atoms with van der Waals surface area (Å²) in [5.41, 5.74) is 5.00. The molecule has 1 aromatic carbocycles. The Balaban J connectivity index is 3.02. The fourth-order valence-corrected chi connectivity index (χ4v) is 1.84. The molecule has 0 aromatic heterocycles. The lowest BCUT2D eigenvalue weighted by molar-refractivity contribution is 0.299. The van der Waals surface area contributed by atoms with Crippen LogP contribution in [0.1, 0.15) is 18.1 Å². The second kappa shape index (κ2) is 6.71. The number of aryl methyl sites for hydroxylation is 1. The van der Waals surface area contributed by atoms with Crippen molar-refractivity contribution in [3.63, 3.8) is 0 Å². The minimum Gasteiger partial charge on any atom is -0.396 e. The lowest BCUT2D eigenvalue weighted by atomic mass is 10.0. The van der Waals surface area contributed by atoms with E-state index in [4.69, 9.17) is 9.66 Å². The van der Waals surface area contributed by atoms with Crippen LogP contribution in [0.4, 0.5) is 11.4 Å². The monoisotopic (exact) mass is 290 g/mol. The maximum atomic E-state index is 10.5. The van der Waals surface area contributed by atoms with E-state index in [0.717, 1.165) is 23.4 Å². The van der Waals surface area contributed by atoms with Gasteiger partial charge in [-0.15, -0.1) is 4.28 Å². The van der Waals surface area contributed by atoms with E-state index in [9.17, 15) is 8.42 Å². The molecule has 1 aromatic rings. The first-order valence-corrected chi connectivity index (χ1v) is 7.14. The molecule has 1 rings (SSSR count). The van der Waals surface area contributed by atoms with Gasteiger partial charge in [0.15, 0.2) is 0 Å². The van der Waals surface area contributed by atoms with Gasteiger partial charge in [0.05, 0.1) is 5.69 Å². The summed E-state index contributed by atoms with van der Waals surface area (Å²) in [5, 5.41) is 12.2. The molecule has 0 aliphatic carbocycles. The molecule has 0 amide bonds. The number of aliphatic hydroxyl groups is 1. The lowest BCUT2D eigenvalue weighted by Gasteiger charge is -2.15. The molecule has 0 spiro atoms. The molecule has 0 saturated heterocycles. The van der Waals surface area contributed by atoms with Gasteiger partial charge in [0.25, 0.3) is 0 Å². The van der Waals surface area contributed by atoms with E-state index < -0.39 is 10.4 Å². The maximum Gasteiger partial charge on any atom is 0.418 e. The molecule has 4 N–H and O–H groups in total. The summed E-state index contributed by atoms with van der Waals surface area (Å²) in [5.74, 6) is 0. The maximum absolute atomic E-state index is 10.5. The minimum atomic E-state index is -4.56. The fourth-order valence-electron chi connectivity index (χ4n) is 1.64. The predicted molar refractivity (Wildman–Crippen MR) is 72.4 cm³/mol. The molecule has 0 fully saturated rings. The summed E-state index contributed by atoms with van der Waals surface area (Å²) in [6.45, 7) is 4.41. The Labute approximate surface area is 112 Å². The van der Waals surface area contributed by atoms with E-state index in [1.165, 1.54) is 0 Å². The number of hydrogen-bond donors (Lipinski definition) is 4. The van der Waals surface area contributed by atoms with Gasteiger partial charge >= 0.3 is 10.4 Å².